The van der Waals surface area contributed by atoms with Gasteiger partial charge in [-0.3, -0.25) is 14.7 Å². The van der Waals surface area contributed by atoms with Gasteiger partial charge >= 0.3 is 12.1 Å². The van der Waals surface area contributed by atoms with Crippen LogP contribution >= 0.6 is 0 Å². The molecule has 1 aromatic heterocycles. The first-order valence-corrected chi connectivity index (χ1v) is 15.4. The Bertz CT molecular complexity index is 1350. The summed E-state index contributed by atoms with van der Waals surface area (Å²) in [5.41, 5.74) is 1.06. The van der Waals surface area contributed by atoms with E-state index in [2.05, 4.69) is 20.5 Å². The van der Waals surface area contributed by atoms with Crippen LogP contribution in [0.1, 0.15) is 57.6 Å². The lowest BCUT2D eigenvalue weighted by atomic mass is 9.80. The number of piperidine rings is 1. The van der Waals surface area contributed by atoms with E-state index in [1.165, 1.54) is 6.07 Å². The smallest absolute Gasteiger partial charge is 0.410 e. The fourth-order valence-corrected chi connectivity index (χ4v) is 6.38. The molecule has 3 fully saturated rings. The fraction of sp³-hybridized carbons (Fsp3) is 0.562. The summed E-state index contributed by atoms with van der Waals surface area (Å²) in [5.74, 6) is -1.38. The number of nitrogens with one attached hydrogen (secondary N) is 2. The van der Waals surface area contributed by atoms with Crippen molar-refractivity contribution in [3.63, 3.8) is 0 Å². The van der Waals surface area contributed by atoms with Crippen molar-refractivity contribution in [2.45, 2.75) is 70.0 Å². The van der Waals surface area contributed by atoms with E-state index in [1.54, 1.807) is 34.3 Å². The van der Waals surface area contributed by atoms with Gasteiger partial charge in [-0.05, 0) is 68.6 Å². The number of aromatic nitrogens is 1. The van der Waals surface area contributed by atoms with E-state index in [-0.39, 0.29) is 30.5 Å². The monoisotopic (exact) mass is 604 g/mol. The zero-order valence-electron chi connectivity index (χ0n) is 26.0. The molecule has 12 heteroatoms. The normalized spacial score (nSPS) is 24.5. The van der Waals surface area contributed by atoms with Crippen molar-refractivity contribution in [1.82, 2.24) is 25.0 Å². The molecule has 1 saturated carbocycles. The number of hydrogen-bond acceptors (Lipinski definition) is 6. The summed E-state index contributed by atoms with van der Waals surface area (Å²) >= 11 is 0. The van der Waals surface area contributed by atoms with Gasteiger partial charge in [0.15, 0.2) is 0 Å². The molecule has 0 bridgehead atoms. The topological polar surface area (TPSA) is 107 Å². The van der Waals surface area contributed by atoms with Gasteiger partial charge in [-0.1, -0.05) is 19.1 Å². The van der Waals surface area contributed by atoms with Crippen molar-refractivity contribution in [2.24, 2.45) is 5.92 Å². The average Bonchev–Trinajstić information content (AvgIpc) is 3.58. The van der Waals surface area contributed by atoms with E-state index in [0.717, 1.165) is 31.5 Å². The molecule has 1 aromatic carbocycles. The Hall–Kier alpha value is -3.67. The molecular weight excluding hydrogens is 562 g/mol. The van der Waals surface area contributed by atoms with Gasteiger partial charge in [0, 0.05) is 81.4 Å². The number of halogens is 1. The lowest BCUT2D eigenvalue weighted by molar-refractivity contribution is -0.117. The standard InChI is InChI=1S/C32H42BFN6O4/c1-31(2,3)44-30(43)40-16-14-38(15-17-40)24-9-12-39(13-10-24)29(42)36-20-21-7-8-23(18-25(21)34)37-28(41)27-26(32(27,4)33)22-6-5-11-35-19-22/h5-8,11,18-19,24,26-27H,9-10,12-17,20H2,1-4H3,(H,36,42)(H,37,41). The summed E-state index contributed by atoms with van der Waals surface area (Å²) in [6.07, 6.45) is 4.79. The highest BCUT2D eigenvalue weighted by Gasteiger charge is 2.61. The van der Waals surface area contributed by atoms with Crippen LogP contribution < -0.4 is 10.6 Å². The molecule has 2 N–H and O–H groups in total. The Kier molecular flexibility index (Phi) is 9.20. The summed E-state index contributed by atoms with van der Waals surface area (Å²) in [6.45, 7) is 11.5. The second kappa shape index (κ2) is 12.7. The predicted octanol–water partition coefficient (Wildman–Crippen LogP) is 4.15. The number of urea groups is 1. The second-order valence-corrected chi connectivity index (χ2v) is 13.3. The molecule has 2 aliphatic heterocycles. The molecule has 44 heavy (non-hydrogen) atoms. The summed E-state index contributed by atoms with van der Waals surface area (Å²) in [6, 6.07) is 8.31. The maximum atomic E-state index is 14.9. The number of likely N-dealkylation sites (tertiary alicyclic amines) is 1. The highest BCUT2D eigenvalue weighted by Crippen LogP contribution is 2.68. The lowest BCUT2D eigenvalue weighted by Gasteiger charge is -2.42. The maximum Gasteiger partial charge on any atom is 0.410 e. The van der Waals surface area contributed by atoms with Gasteiger partial charge in [0.2, 0.25) is 5.91 Å². The molecule has 2 radical (unpaired) electrons. The number of piperazine rings is 1. The molecule has 5 rings (SSSR count). The van der Waals surface area contributed by atoms with Gasteiger partial charge in [-0.2, -0.15) is 0 Å². The van der Waals surface area contributed by atoms with Crippen molar-refractivity contribution in [3.05, 3.63) is 59.7 Å². The number of benzene rings is 1. The third-order valence-electron chi connectivity index (χ3n) is 8.88. The molecule has 2 saturated heterocycles. The number of hydrogen-bond donors (Lipinski definition) is 2. The molecule has 1 aliphatic carbocycles. The van der Waals surface area contributed by atoms with E-state index in [9.17, 15) is 18.8 Å². The fourth-order valence-electron chi connectivity index (χ4n) is 6.38. The van der Waals surface area contributed by atoms with Gasteiger partial charge < -0.3 is 25.2 Å². The number of nitrogens with zero attached hydrogens (tertiary/aromatic N) is 4. The number of amides is 4. The largest absolute Gasteiger partial charge is 0.444 e. The minimum absolute atomic E-state index is 0.0397. The molecule has 3 aliphatic rings. The third-order valence-corrected chi connectivity index (χ3v) is 8.88. The SMILES string of the molecule is [B]C1(C)C(C(=O)Nc2ccc(CNC(=O)N3CCC(N4CCN(C(=O)OC(C)(C)C)CC4)CC3)c(F)c2)C1c1cccnc1. The Balaban J connectivity index is 1.04. The van der Waals surface area contributed by atoms with E-state index in [1.807, 2.05) is 39.8 Å². The molecule has 3 atom stereocenters. The molecule has 234 valence electrons. The number of ether oxygens (including phenoxy) is 1. The van der Waals surface area contributed by atoms with Crippen LogP contribution in [0.5, 0.6) is 0 Å². The minimum Gasteiger partial charge on any atom is -0.444 e. The third kappa shape index (κ3) is 7.34. The quantitative estimate of drug-likeness (QED) is 0.480. The van der Waals surface area contributed by atoms with Crippen LogP contribution in [0.2, 0.25) is 5.31 Å². The number of carbonyl (C=O) groups excluding carboxylic acids is 3. The lowest BCUT2D eigenvalue weighted by Crippen LogP contribution is -2.55. The molecule has 3 unspecified atom stereocenters. The number of carbonyl (C=O) groups is 3. The van der Waals surface area contributed by atoms with Crippen LogP contribution in [-0.4, -0.2) is 96.5 Å². The first-order chi connectivity index (χ1) is 20.8. The van der Waals surface area contributed by atoms with Crippen LogP contribution in [0.3, 0.4) is 0 Å². The van der Waals surface area contributed by atoms with Crippen LogP contribution in [0.4, 0.5) is 19.7 Å². The minimum atomic E-state index is -0.707. The van der Waals surface area contributed by atoms with Crippen molar-refractivity contribution < 1.29 is 23.5 Å². The molecule has 3 heterocycles. The van der Waals surface area contributed by atoms with Crippen LogP contribution in [0, 0.1) is 11.7 Å². The highest BCUT2D eigenvalue weighted by molar-refractivity contribution is 6.23. The maximum absolute atomic E-state index is 14.9. The van der Waals surface area contributed by atoms with E-state index in [4.69, 9.17) is 12.6 Å². The summed E-state index contributed by atoms with van der Waals surface area (Å²) in [7, 11) is 6.37. The Morgan fingerprint density at radius 1 is 1.07 bits per heavy atom. The number of rotatable bonds is 6. The first kappa shape index (κ1) is 31.8. The number of pyridine rings is 1. The molecule has 4 amide bonds. The van der Waals surface area contributed by atoms with Gasteiger partial charge in [0.25, 0.3) is 0 Å². The Morgan fingerprint density at radius 3 is 2.39 bits per heavy atom. The van der Waals surface area contributed by atoms with Gasteiger partial charge in [-0.15, -0.1) is 0 Å². The molecule has 0 spiro atoms. The van der Waals surface area contributed by atoms with Crippen molar-refractivity contribution in [3.8, 4) is 0 Å². The van der Waals surface area contributed by atoms with E-state index >= 15 is 0 Å². The molecular formula is C32H42BFN6O4. The predicted molar refractivity (Wildman–Crippen MR) is 166 cm³/mol. The highest BCUT2D eigenvalue weighted by atomic mass is 19.1. The summed E-state index contributed by atoms with van der Waals surface area (Å²) in [4.78, 5) is 48.2. The second-order valence-electron chi connectivity index (χ2n) is 13.3. The van der Waals surface area contributed by atoms with Crippen molar-refractivity contribution in [1.29, 1.82) is 0 Å². The Morgan fingerprint density at radius 2 is 1.77 bits per heavy atom. The zero-order chi connectivity index (χ0) is 31.6. The van der Waals surface area contributed by atoms with Crippen LogP contribution in [0.15, 0.2) is 42.7 Å². The summed E-state index contributed by atoms with van der Waals surface area (Å²) in [5, 5.41) is 4.91. The average molecular weight is 605 g/mol. The van der Waals surface area contributed by atoms with Crippen molar-refractivity contribution in [2.75, 3.05) is 44.6 Å². The first-order valence-electron chi connectivity index (χ1n) is 15.4. The van der Waals surface area contributed by atoms with E-state index < -0.39 is 22.7 Å². The molecule has 2 aromatic rings. The Labute approximate surface area is 260 Å². The van der Waals surface area contributed by atoms with Gasteiger partial charge in [0.1, 0.15) is 11.4 Å². The van der Waals surface area contributed by atoms with Gasteiger partial charge in [-0.25, -0.2) is 14.0 Å². The van der Waals surface area contributed by atoms with Crippen LogP contribution in [0.25, 0.3) is 0 Å². The number of anilines is 1. The van der Waals surface area contributed by atoms with E-state index in [0.29, 0.717) is 43.5 Å². The zero-order valence-corrected chi connectivity index (χ0v) is 26.0. The van der Waals surface area contributed by atoms with Crippen LogP contribution in [-0.2, 0) is 16.1 Å². The van der Waals surface area contributed by atoms with Crippen molar-refractivity contribution >= 4 is 31.6 Å². The van der Waals surface area contributed by atoms with Gasteiger partial charge in [0.05, 0.1) is 7.85 Å². The summed E-state index contributed by atoms with van der Waals surface area (Å²) < 4.78 is 20.4. The molecule has 10 nitrogen and oxygen atoms in total.